The number of quaternary nitrogens is 1. The van der Waals surface area contributed by atoms with Crippen LogP contribution in [-0.2, 0) is 32.7 Å². The molecule has 0 aromatic heterocycles. The summed E-state index contributed by atoms with van der Waals surface area (Å²) in [6.07, 6.45) is 87.8. The molecule has 0 rings (SSSR count). The van der Waals surface area contributed by atoms with E-state index in [1.807, 2.05) is 21.1 Å². The summed E-state index contributed by atoms with van der Waals surface area (Å²) in [7, 11) is 1.45. The number of hydrogen-bond donors (Lipinski definition) is 1. The number of esters is 2. The standard InChI is InChI=1S/C70H116NO8P/c1-6-8-10-12-14-16-18-20-22-24-26-28-30-32-33-34-35-36-37-39-41-43-45-47-49-51-53-55-57-59-61-63-70(73)79-68(67-78-80(74,75)77-65-64-71(3,4)5)66-76-69(72)62-60-58-56-54-52-50-48-46-44-42-40-38-31-29-27-25-23-21-19-17-15-13-11-9-7-2/h8-11,14-17,20-23,26-29,32-33,35-36,38,40,44,46,68H,6-7,12-13,18-19,24-25,30-31,34,37,39,41-43,45,47-67H2,1-5H3/p+1/b10-8-,11-9-,16-14-,17-15-,22-20-,23-21-,28-26-,29-27-,33-32-,36-35-,40-38-,46-44-. The molecule has 9 nitrogen and oxygen atoms in total. The van der Waals surface area contributed by atoms with E-state index in [2.05, 4.69) is 160 Å². The predicted octanol–water partition coefficient (Wildman–Crippen LogP) is 20.3. The van der Waals surface area contributed by atoms with E-state index >= 15 is 0 Å². The van der Waals surface area contributed by atoms with Crippen molar-refractivity contribution in [2.24, 2.45) is 0 Å². The number of phosphoric acid groups is 1. The second kappa shape index (κ2) is 59.5. The first-order valence-electron chi connectivity index (χ1n) is 31.6. The molecule has 2 atom stereocenters. The smallest absolute Gasteiger partial charge is 0.462 e. The lowest BCUT2D eigenvalue weighted by Gasteiger charge is -2.24. The van der Waals surface area contributed by atoms with Gasteiger partial charge in [-0.3, -0.25) is 18.6 Å². The first kappa shape index (κ1) is 75.9. The van der Waals surface area contributed by atoms with Crippen LogP contribution in [0.1, 0.15) is 232 Å². The van der Waals surface area contributed by atoms with Gasteiger partial charge in [-0.2, -0.15) is 0 Å². The van der Waals surface area contributed by atoms with Crippen LogP contribution in [0.2, 0.25) is 0 Å². The van der Waals surface area contributed by atoms with E-state index in [-0.39, 0.29) is 32.0 Å². The molecule has 10 heteroatoms. The van der Waals surface area contributed by atoms with Crippen LogP contribution >= 0.6 is 7.82 Å². The predicted molar refractivity (Wildman–Crippen MR) is 343 cm³/mol. The normalized spacial score (nSPS) is 14.2. The lowest BCUT2D eigenvalue weighted by molar-refractivity contribution is -0.870. The van der Waals surface area contributed by atoms with Crippen molar-refractivity contribution < 1.29 is 42.1 Å². The molecule has 0 bridgehead atoms. The Morgan fingerprint density at radius 1 is 0.388 bits per heavy atom. The third-order valence-corrected chi connectivity index (χ3v) is 13.8. The van der Waals surface area contributed by atoms with E-state index in [1.54, 1.807) is 0 Å². The Kier molecular flexibility index (Phi) is 56.5. The van der Waals surface area contributed by atoms with Crippen LogP contribution < -0.4 is 0 Å². The fraction of sp³-hybridized carbons (Fsp3) is 0.629. The Labute approximate surface area is 491 Å². The highest BCUT2D eigenvalue weighted by atomic mass is 31.2. The van der Waals surface area contributed by atoms with Crippen molar-refractivity contribution >= 4 is 19.8 Å². The molecule has 0 fully saturated rings. The largest absolute Gasteiger partial charge is 0.472 e. The first-order chi connectivity index (χ1) is 39.0. The highest BCUT2D eigenvalue weighted by molar-refractivity contribution is 7.47. The zero-order chi connectivity index (χ0) is 58.4. The van der Waals surface area contributed by atoms with Gasteiger partial charge in [0.2, 0.25) is 0 Å². The van der Waals surface area contributed by atoms with Crippen LogP contribution in [0, 0.1) is 0 Å². The molecule has 0 spiro atoms. The summed E-state index contributed by atoms with van der Waals surface area (Å²) in [5.41, 5.74) is 0. The maximum atomic E-state index is 12.9. The van der Waals surface area contributed by atoms with E-state index in [1.165, 1.54) is 57.8 Å². The topological polar surface area (TPSA) is 108 Å². The van der Waals surface area contributed by atoms with Gasteiger partial charge in [-0.15, -0.1) is 0 Å². The van der Waals surface area contributed by atoms with Gasteiger partial charge in [0, 0.05) is 12.8 Å². The maximum absolute atomic E-state index is 12.9. The molecule has 0 aliphatic rings. The first-order valence-corrected chi connectivity index (χ1v) is 33.1. The minimum atomic E-state index is -4.40. The van der Waals surface area contributed by atoms with Gasteiger partial charge in [-0.25, -0.2) is 4.57 Å². The van der Waals surface area contributed by atoms with Crippen LogP contribution in [0.25, 0.3) is 0 Å². The van der Waals surface area contributed by atoms with Crippen LogP contribution in [0.3, 0.4) is 0 Å². The summed E-state index contributed by atoms with van der Waals surface area (Å²) in [5, 5.41) is 0. The van der Waals surface area contributed by atoms with Crippen molar-refractivity contribution in [1.29, 1.82) is 0 Å². The second-order valence-electron chi connectivity index (χ2n) is 21.7. The Morgan fingerprint density at radius 2 is 0.675 bits per heavy atom. The van der Waals surface area contributed by atoms with E-state index in [9.17, 15) is 19.0 Å². The molecule has 454 valence electrons. The van der Waals surface area contributed by atoms with Crippen LogP contribution in [0.5, 0.6) is 0 Å². The summed E-state index contributed by atoms with van der Waals surface area (Å²) in [4.78, 5) is 35.8. The van der Waals surface area contributed by atoms with Gasteiger partial charge in [0.1, 0.15) is 19.8 Å². The lowest BCUT2D eigenvalue weighted by atomic mass is 10.0. The molecule has 0 aliphatic heterocycles. The SMILES string of the molecule is CC/C=C\C/C=C\C/C=C\C/C=C\C/C=C\C/C=C\CCCCCCCCCCCCCCC(=O)OC(COC(=O)CCCCCCCC/C=C\C/C=C\C/C=C\C/C=C\C/C=C\C/C=C\CC)COP(=O)(O)OCC[N+](C)(C)C. The number of allylic oxidation sites excluding steroid dienone is 24. The van der Waals surface area contributed by atoms with E-state index in [0.29, 0.717) is 23.9 Å². The number of ether oxygens (including phenoxy) is 2. The zero-order valence-corrected chi connectivity index (χ0v) is 52.4. The van der Waals surface area contributed by atoms with Gasteiger partial charge in [0.05, 0.1) is 27.7 Å². The molecule has 1 N–H and O–H groups in total. The van der Waals surface area contributed by atoms with Crippen molar-refractivity contribution in [3.05, 3.63) is 146 Å². The number of carbonyl (C=O) groups is 2. The van der Waals surface area contributed by atoms with Crippen molar-refractivity contribution in [3.63, 3.8) is 0 Å². The monoisotopic (exact) mass is 1130 g/mol. The third kappa shape index (κ3) is 63.1. The molecular formula is C70H117NO8P+. The maximum Gasteiger partial charge on any atom is 0.472 e. The van der Waals surface area contributed by atoms with E-state index in [4.69, 9.17) is 18.5 Å². The molecule has 0 aromatic rings. The van der Waals surface area contributed by atoms with Gasteiger partial charge >= 0.3 is 19.8 Å². The van der Waals surface area contributed by atoms with E-state index in [0.717, 1.165) is 135 Å². The number of nitrogens with zero attached hydrogens (tertiary/aromatic N) is 1. The summed E-state index contributed by atoms with van der Waals surface area (Å²) >= 11 is 0. The number of phosphoric ester groups is 1. The average Bonchev–Trinajstić information content (AvgIpc) is 3.42. The minimum Gasteiger partial charge on any atom is -0.462 e. The number of carbonyl (C=O) groups excluding carboxylic acids is 2. The summed E-state index contributed by atoms with van der Waals surface area (Å²) < 4.78 is 34.6. The van der Waals surface area contributed by atoms with E-state index < -0.39 is 26.5 Å². The number of likely N-dealkylation sites (N-methyl/N-ethyl adjacent to an activating group) is 1. The van der Waals surface area contributed by atoms with Crippen molar-refractivity contribution in [2.45, 2.75) is 238 Å². The van der Waals surface area contributed by atoms with Crippen molar-refractivity contribution in [2.75, 3.05) is 47.5 Å². The summed E-state index contributed by atoms with van der Waals surface area (Å²) in [6, 6.07) is 0. The zero-order valence-electron chi connectivity index (χ0n) is 51.5. The number of rotatable bonds is 56. The average molecular weight is 1130 g/mol. The van der Waals surface area contributed by atoms with Gasteiger partial charge in [0.15, 0.2) is 6.10 Å². The molecule has 0 radical (unpaired) electrons. The molecule has 0 amide bonds. The Hall–Kier alpha value is -4.11. The van der Waals surface area contributed by atoms with Gasteiger partial charge in [0.25, 0.3) is 0 Å². The fourth-order valence-corrected chi connectivity index (χ4v) is 8.82. The third-order valence-electron chi connectivity index (χ3n) is 12.9. The molecule has 0 heterocycles. The Morgan fingerprint density at radius 3 is 1.00 bits per heavy atom. The molecular weight excluding hydrogens is 1010 g/mol. The van der Waals surface area contributed by atoms with Crippen LogP contribution in [0.15, 0.2) is 146 Å². The van der Waals surface area contributed by atoms with Gasteiger partial charge in [-0.05, 0) is 116 Å². The Bertz CT molecular complexity index is 1860. The fourth-order valence-electron chi connectivity index (χ4n) is 8.08. The molecule has 0 saturated carbocycles. The number of unbranched alkanes of at least 4 members (excludes halogenated alkanes) is 18. The molecule has 2 unspecified atom stereocenters. The molecule has 80 heavy (non-hydrogen) atoms. The Balaban J connectivity index is 4.19. The van der Waals surface area contributed by atoms with Crippen LogP contribution in [0.4, 0.5) is 0 Å². The lowest BCUT2D eigenvalue weighted by Crippen LogP contribution is -2.37. The quantitative estimate of drug-likeness (QED) is 0.0211. The van der Waals surface area contributed by atoms with Crippen LogP contribution in [-0.4, -0.2) is 74.9 Å². The number of hydrogen-bond acceptors (Lipinski definition) is 7. The summed E-state index contributed by atoms with van der Waals surface area (Å²) in [5.74, 6) is -0.825. The highest BCUT2D eigenvalue weighted by Crippen LogP contribution is 2.43. The highest BCUT2D eigenvalue weighted by Gasteiger charge is 2.27. The second-order valence-corrected chi connectivity index (χ2v) is 23.1. The van der Waals surface area contributed by atoms with Crippen molar-refractivity contribution in [3.8, 4) is 0 Å². The molecule has 0 aromatic carbocycles. The van der Waals surface area contributed by atoms with Gasteiger partial charge in [-0.1, -0.05) is 250 Å². The molecule has 0 aliphatic carbocycles. The molecule has 0 saturated heterocycles. The summed E-state index contributed by atoms with van der Waals surface area (Å²) in [6.45, 7) is 4.17. The van der Waals surface area contributed by atoms with Crippen molar-refractivity contribution in [1.82, 2.24) is 0 Å². The van der Waals surface area contributed by atoms with Gasteiger partial charge < -0.3 is 18.9 Å². The minimum absolute atomic E-state index is 0.0209.